The van der Waals surface area contributed by atoms with Gasteiger partial charge in [-0.15, -0.1) is 18.2 Å². The van der Waals surface area contributed by atoms with Crippen LogP contribution in [0.4, 0.5) is 0 Å². The third-order valence-electron chi connectivity index (χ3n) is 6.41. The fourth-order valence-electron chi connectivity index (χ4n) is 4.28. The van der Waals surface area contributed by atoms with Crippen LogP contribution >= 0.6 is 11.8 Å². The molecule has 15 nitrogen and oxygen atoms in total. The molecule has 0 aromatic rings. The summed E-state index contributed by atoms with van der Waals surface area (Å²) in [6.45, 7) is -2.15. The van der Waals surface area contributed by atoms with E-state index in [2.05, 4.69) is 5.92 Å². The van der Waals surface area contributed by atoms with Crippen LogP contribution in [0.15, 0.2) is 0 Å². The first-order valence-corrected chi connectivity index (χ1v) is 12.6. The maximum Gasteiger partial charge on any atom is 0.187 e. The Morgan fingerprint density at radius 1 is 0.595 bits per heavy atom. The van der Waals surface area contributed by atoms with Crippen LogP contribution in [0.2, 0.25) is 0 Å². The van der Waals surface area contributed by atoms with Gasteiger partial charge in [-0.05, 0) is 0 Å². The molecule has 3 heterocycles. The zero-order chi connectivity index (χ0) is 27.4. The van der Waals surface area contributed by atoms with E-state index in [-0.39, 0.29) is 5.75 Å². The number of aliphatic hydroxyl groups excluding tert-OH is 10. The molecule has 37 heavy (non-hydrogen) atoms. The SMILES string of the molecule is C#CCS[C@H]1O[C@H](CO)[C@@H](O)[C@H](O)[C@@H]1O[C@@H]1O[C@@H](CO)[C@H](O)[C@@H](O[C@@H]2O[C@@H](CO)[C@H](O)[C@@H](O)[C@H]2O)[C@H]1O. The van der Waals surface area contributed by atoms with Gasteiger partial charge in [0.05, 0.1) is 25.6 Å². The van der Waals surface area contributed by atoms with Gasteiger partial charge in [0, 0.05) is 0 Å². The molecule has 0 amide bonds. The molecule has 0 saturated carbocycles. The van der Waals surface area contributed by atoms with Gasteiger partial charge in [0.25, 0.3) is 0 Å². The summed E-state index contributed by atoms with van der Waals surface area (Å²) in [5.74, 6) is 2.46. The first-order chi connectivity index (χ1) is 17.6. The molecule has 0 aromatic heterocycles. The monoisotopic (exact) mass is 558 g/mol. The number of thioether (sulfide) groups is 1. The Morgan fingerprint density at radius 3 is 1.65 bits per heavy atom. The molecule has 16 heteroatoms. The molecular weight excluding hydrogens is 524 g/mol. The van der Waals surface area contributed by atoms with E-state index in [1.165, 1.54) is 0 Å². The van der Waals surface area contributed by atoms with Crippen molar-refractivity contribution in [3.63, 3.8) is 0 Å². The van der Waals surface area contributed by atoms with Crippen molar-refractivity contribution < 1.29 is 74.7 Å². The van der Waals surface area contributed by atoms with E-state index in [0.717, 1.165) is 11.8 Å². The summed E-state index contributed by atoms with van der Waals surface area (Å²) in [6, 6.07) is 0. The van der Waals surface area contributed by atoms with Crippen molar-refractivity contribution in [3.8, 4) is 12.3 Å². The van der Waals surface area contributed by atoms with E-state index in [9.17, 15) is 51.1 Å². The average Bonchev–Trinajstić information content (AvgIpc) is 2.89. The van der Waals surface area contributed by atoms with Gasteiger partial charge in [-0.2, -0.15) is 0 Å². The van der Waals surface area contributed by atoms with Crippen LogP contribution in [-0.2, 0) is 23.7 Å². The highest BCUT2D eigenvalue weighted by atomic mass is 32.2. The summed E-state index contributed by atoms with van der Waals surface area (Å²) in [4.78, 5) is 0. The summed E-state index contributed by atoms with van der Waals surface area (Å²) in [7, 11) is 0. The molecular formula is C21H34O15S. The van der Waals surface area contributed by atoms with Gasteiger partial charge in [0.2, 0.25) is 0 Å². The highest BCUT2D eigenvalue weighted by molar-refractivity contribution is 8.00. The summed E-state index contributed by atoms with van der Waals surface area (Å²) >= 11 is 0.999. The molecule has 214 valence electrons. The van der Waals surface area contributed by atoms with Gasteiger partial charge in [-0.3, -0.25) is 0 Å². The maximum atomic E-state index is 10.9. The van der Waals surface area contributed by atoms with Gasteiger partial charge in [0.1, 0.15) is 78.7 Å². The zero-order valence-corrected chi connectivity index (χ0v) is 20.3. The maximum absolute atomic E-state index is 10.9. The van der Waals surface area contributed by atoms with Crippen molar-refractivity contribution in [1.82, 2.24) is 0 Å². The third kappa shape index (κ3) is 6.56. The largest absolute Gasteiger partial charge is 0.394 e. The van der Waals surface area contributed by atoms with Crippen molar-refractivity contribution in [2.75, 3.05) is 25.6 Å². The zero-order valence-electron chi connectivity index (χ0n) is 19.5. The fraction of sp³-hybridized carbons (Fsp3) is 0.905. The summed E-state index contributed by atoms with van der Waals surface area (Å²) in [5.41, 5.74) is -1.04. The van der Waals surface area contributed by atoms with Crippen LogP contribution in [0, 0.1) is 12.3 Å². The molecule has 3 aliphatic heterocycles. The third-order valence-corrected chi connectivity index (χ3v) is 7.45. The predicted molar refractivity (Wildman–Crippen MR) is 120 cm³/mol. The summed E-state index contributed by atoms with van der Waals surface area (Å²) < 4.78 is 27.5. The summed E-state index contributed by atoms with van der Waals surface area (Å²) in [5, 5.41) is 101. The molecule has 0 radical (unpaired) electrons. The van der Waals surface area contributed by atoms with Crippen LogP contribution in [0.1, 0.15) is 0 Å². The van der Waals surface area contributed by atoms with Crippen LogP contribution < -0.4 is 0 Å². The Balaban J connectivity index is 1.80. The predicted octanol–water partition coefficient (Wildman–Crippen LogP) is -6.20. The number of rotatable bonds is 9. The van der Waals surface area contributed by atoms with E-state index >= 15 is 0 Å². The Bertz CT molecular complexity index is 754. The lowest BCUT2D eigenvalue weighted by atomic mass is 9.96. The minimum atomic E-state index is -1.86. The Hall–Kier alpha value is -0.690. The molecule has 0 bridgehead atoms. The van der Waals surface area contributed by atoms with Gasteiger partial charge in [0.15, 0.2) is 12.6 Å². The second-order valence-corrected chi connectivity index (χ2v) is 9.91. The van der Waals surface area contributed by atoms with Crippen LogP contribution in [0.3, 0.4) is 0 Å². The highest BCUT2D eigenvalue weighted by Gasteiger charge is 2.53. The molecule has 0 spiro atoms. The average molecular weight is 559 g/mol. The molecule has 3 aliphatic rings. The minimum absolute atomic E-state index is 0.0976. The second kappa shape index (κ2) is 13.6. The lowest BCUT2D eigenvalue weighted by molar-refractivity contribution is -0.371. The topological polar surface area (TPSA) is 248 Å². The van der Waals surface area contributed by atoms with E-state index in [0.29, 0.717) is 0 Å². The minimum Gasteiger partial charge on any atom is -0.394 e. The van der Waals surface area contributed by atoms with Crippen LogP contribution in [0.5, 0.6) is 0 Å². The lowest BCUT2D eigenvalue weighted by Crippen LogP contribution is -2.66. The number of ether oxygens (including phenoxy) is 5. The molecule has 3 fully saturated rings. The van der Waals surface area contributed by atoms with E-state index < -0.39 is 111 Å². The molecule has 0 aliphatic carbocycles. The quantitative estimate of drug-likeness (QED) is 0.118. The van der Waals surface area contributed by atoms with Crippen molar-refractivity contribution in [3.05, 3.63) is 0 Å². The summed E-state index contributed by atoms with van der Waals surface area (Å²) in [6.07, 6.45) is -17.2. The first kappa shape index (κ1) is 30.8. The van der Waals surface area contributed by atoms with Crippen LogP contribution in [-0.4, -0.2) is 168 Å². The second-order valence-electron chi connectivity index (χ2n) is 8.83. The lowest BCUT2D eigenvalue weighted by Gasteiger charge is -2.48. The molecule has 0 unspecified atom stereocenters. The molecule has 15 atom stereocenters. The smallest absolute Gasteiger partial charge is 0.187 e. The van der Waals surface area contributed by atoms with Gasteiger partial charge < -0.3 is 74.7 Å². The van der Waals surface area contributed by atoms with Crippen LogP contribution in [0.25, 0.3) is 0 Å². The van der Waals surface area contributed by atoms with E-state index in [1.807, 2.05) is 0 Å². The molecule has 0 aromatic carbocycles. The van der Waals surface area contributed by atoms with E-state index in [1.54, 1.807) is 0 Å². The van der Waals surface area contributed by atoms with Crippen molar-refractivity contribution >= 4 is 11.8 Å². The van der Waals surface area contributed by atoms with Crippen molar-refractivity contribution in [1.29, 1.82) is 0 Å². The van der Waals surface area contributed by atoms with Gasteiger partial charge in [-0.25, -0.2) is 0 Å². The standard InChI is InChI=1S/C21H34O15S/c1-2-3-37-21-18(14(29)11(26)8(5-23)34-21)36-20-16(31)17(12(27)9(6-24)33-20)35-19-15(30)13(28)10(25)7(4-22)32-19/h1,7-31H,3-6H2/t7-,8+,9-,10-,11+,12-,13+,14-,15+,16+,17+,18-,19-,20-,21+/m0/s1. The Kier molecular flexibility index (Phi) is 11.3. The van der Waals surface area contributed by atoms with Crippen molar-refractivity contribution in [2.24, 2.45) is 0 Å². The molecule has 10 N–H and O–H groups in total. The molecule has 3 rings (SSSR count). The van der Waals surface area contributed by atoms with Gasteiger partial charge in [-0.1, -0.05) is 5.92 Å². The Morgan fingerprint density at radius 2 is 1.08 bits per heavy atom. The number of hydrogen-bond acceptors (Lipinski definition) is 16. The van der Waals surface area contributed by atoms with Gasteiger partial charge >= 0.3 is 0 Å². The fourth-order valence-corrected chi connectivity index (χ4v) is 5.18. The Labute approximate surface area is 216 Å². The number of terminal acetylenes is 1. The highest BCUT2D eigenvalue weighted by Crippen LogP contribution is 2.35. The number of hydrogen-bond donors (Lipinski definition) is 10. The molecule has 3 saturated heterocycles. The normalized spacial score (nSPS) is 48.9. The number of aliphatic hydroxyl groups is 10. The van der Waals surface area contributed by atoms with Crippen molar-refractivity contribution in [2.45, 2.75) is 91.3 Å². The first-order valence-electron chi connectivity index (χ1n) is 11.5. The van der Waals surface area contributed by atoms with E-state index in [4.69, 9.17) is 30.1 Å².